The van der Waals surface area contributed by atoms with Crippen LogP contribution in [0.25, 0.3) is 0 Å². The second-order valence-electron chi connectivity index (χ2n) is 3.97. The summed E-state index contributed by atoms with van der Waals surface area (Å²) in [6, 6.07) is 8.72. The van der Waals surface area contributed by atoms with Crippen LogP contribution in [0.15, 0.2) is 24.3 Å². The van der Waals surface area contributed by atoms with Gasteiger partial charge in [0.15, 0.2) is 0 Å². The highest BCUT2D eigenvalue weighted by Gasteiger charge is 2.14. The molecule has 0 aromatic heterocycles. The van der Waals surface area contributed by atoms with E-state index in [-0.39, 0.29) is 0 Å². The molecule has 1 fully saturated rings. The third-order valence-electron chi connectivity index (χ3n) is 3.00. The average Bonchev–Trinajstić information content (AvgIpc) is 2.30. The third kappa shape index (κ3) is 2.14. The van der Waals surface area contributed by atoms with Gasteiger partial charge in [0.25, 0.3) is 0 Å². The van der Waals surface area contributed by atoms with E-state index in [1.165, 1.54) is 24.0 Å². The van der Waals surface area contributed by atoms with E-state index < -0.39 is 0 Å². The number of rotatable bonds is 2. The summed E-state index contributed by atoms with van der Waals surface area (Å²) < 4.78 is 0. The summed E-state index contributed by atoms with van der Waals surface area (Å²) in [5.41, 5.74) is 8.35. The molecule has 1 heterocycles. The van der Waals surface area contributed by atoms with E-state index >= 15 is 0 Å². The van der Waals surface area contributed by atoms with Crippen molar-refractivity contribution in [1.82, 2.24) is 5.32 Å². The second-order valence-corrected chi connectivity index (χ2v) is 3.97. The van der Waals surface area contributed by atoms with Gasteiger partial charge < -0.3 is 11.1 Å². The van der Waals surface area contributed by atoms with Gasteiger partial charge in [0.2, 0.25) is 0 Å². The summed E-state index contributed by atoms with van der Waals surface area (Å²) in [4.78, 5) is 0. The predicted octanol–water partition coefficient (Wildman–Crippen LogP) is 1.61. The molecule has 0 spiro atoms. The molecule has 0 radical (unpaired) electrons. The first-order chi connectivity index (χ1) is 6.90. The number of nitrogens with one attached hydrogen (secondary N) is 1. The van der Waals surface area contributed by atoms with E-state index in [0.29, 0.717) is 6.54 Å². The zero-order valence-corrected chi connectivity index (χ0v) is 8.50. The van der Waals surface area contributed by atoms with Crippen molar-refractivity contribution in [3.8, 4) is 0 Å². The van der Waals surface area contributed by atoms with Crippen molar-refractivity contribution in [1.29, 1.82) is 0 Å². The van der Waals surface area contributed by atoms with Crippen LogP contribution in [0.3, 0.4) is 0 Å². The summed E-state index contributed by atoms with van der Waals surface area (Å²) in [5.74, 6) is 0.739. The number of hydrogen-bond acceptors (Lipinski definition) is 2. The van der Waals surface area contributed by atoms with Crippen molar-refractivity contribution in [3.63, 3.8) is 0 Å². The summed E-state index contributed by atoms with van der Waals surface area (Å²) in [7, 11) is 0. The Hall–Kier alpha value is -0.860. The van der Waals surface area contributed by atoms with Gasteiger partial charge in [-0.05, 0) is 43.0 Å². The van der Waals surface area contributed by atoms with Gasteiger partial charge >= 0.3 is 0 Å². The zero-order valence-electron chi connectivity index (χ0n) is 8.50. The summed E-state index contributed by atoms with van der Waals surface area (Å²) in [5, 5.41) is 3.39. The molecule has 1 aromatic carbocycles. The Morgan fingerprint density at radius 1 is 1.29 bits per heavy atom. The van der Waals surface area contributed by atoms with Crippen LogP contribution in [0.1, 0.15) is 29.9 Å². The first-order valence-corrected chi connectivity index (χ1v) is 5.40. The normalized spacial score (nSPS) is 18.4. The SMILES string of the molecule is NCc1cccc(C2CCNCC2)c1. The summed E-state index contributed by atoms with van der Waals surface area (Å²) in [6.07, 6.45) is 2.52. The van der Waals surface area contributed by atoms with E-state index in [9.17, 15) is 0 Å². The van der Waals surface area contributed by atoms with E-state index in [1.54, 1.807) is 0 Å². The van der Waals surface area contributed by atoms with Gasteiger partial charge in [-0.25, -0.2) is 0 Å². The Balaban J connectivity index is 2.13. The van der Waals surface area contributed by atoms with Crippen molar-refractivity contribution < 1.29 is 0 Å². The maximum absolute atomic E-state index is 5.64. The predicted molar refractivity (Wildman–Crippen MR) is 59.2 cm³/mol. The fourth-order valence-electron chi connectivity index (χ4n) is 2.13. The van der Waals surface area contributed by atoms with Crippen LogP contribution >= 0.6 is 0 Å². The fourth-order valence-corrected chi connectivity index (χ4v) is 2.13. The van der Waals surface area contributed by atoms with Crippen LogP contribution < -0.4 is 11.1 Å². The lowest BCUT2D eigenvalue weighted by atomic mass is 9.89. The van der Waals surface area contributed by atoms with Crippen molar-refractivity contribution >= 4 is 0 Å². The molecule has 1 aliphatic rings. The Morgan fingerprint density at radius 2 is 2.07 bits per heavy atom. The quantitative estimate of drug-likeness (QED) is 0.743. The van der Waals surface area contributed by atoms with E-state index in [4.69, 9.17) is 5.73 Å². The molecule has 1 saturated heterocycles. The highest BCUT2D eigenvalue weighted by Crippen LogP contribution is 2.25. The monoisotopic (exact) mass is 190 g/mol. The minimum absolute atomic E-state index is 0.652. The van der Waals surface area contributed by atoms with E-state index in [0.717, 1.165) is 19.0 Å². The highest BCUT2D eigenvalue weighted by atomic mass is 14.9. The van der Waals surface area contributed by atoms with Crippen LogP contribution in [0.4, 0.5) is 0 Å². The number of benzene rings is 1. The summed E-state index contributed by atoms with van der Waals surface area (Å²) in [6.45, 7) is 2.95. The molecular weight excluding hydrogens is 172 g/mol. The Morgan fingerprint density at radius 3 is 2.79 bits per heavy atom. The molecule has 1 aromatic rings. The lowest BCUT2D eigenvalue weighted by Crippen LogP contribution is -2.26. The largest absolute Gasteiger partial charge is 0.326 e. The molecule has 0 unspecified atom stereocenters. The molecule has 0 saturated carbocycles. The molecule has 0 amide bonds. The lowest BCUT2D eigenvalue weighted by Gasteiger charge is -2.23. The third-order valence-corrected chi connectivity index (χ3v) is 3.00. The minimum Gasteiger partial charge on any atom is -0.326 e. The summed E-state index contributed by atoms with van der Waals surface area (Å²) >= 11 is 0. The molecule has 14 heavy (non-hydrogen) atoms. The van der Waals surface area contributed by atoms with Gasteiger partial charge in [-0.3, -0.25) is 0 Å². The molecule has 2 rings (SSSR count). The van der Waals surface area contributed by atoms with Crippen molar-refractivity contribution in [2.45, 2.75) is 25.3 Å². The molecule has 0 aliphatic carbocycles. The zero-order chi connectivity index (χ0) is 9.80. The molecule has 2 heteroatoms. The number of nitrogens with two attached hydrogens (primary N) is 1. The van der Waals surface area contributed by atoms with Gasteiger partial charge in [-0.1, -0.05) is 24.3 Å². The maximum atomic E-state index is 5.64. The lowest BCUT2D eigenvalue weighted by molar-refractivity contribution is 0.460. The van der Waals surface area contributed by atoms with Crippen molar-refractivity contribution in [3.05, 3.63) is 35.4 Å². The smallest absolute Gasteiger partial charge is 0.0178 e. The highest BCUT2D eigenvalue weighted by molar-refractivity contribution is 5.26. The van der Waals surface area contributed by atoms with Crippen LogP contribution in [0, 0.1) is 0 Å². The van der Waals surface area contributed by atoms with Crippen molar-refractivity contribution in [2.24, 2.45) is 5.73 Å². The van der Waals surface area contributed by atoms with Gasteiger partial charge in [-0.15, -0.1) is 0 Å². The van der Waals surface area contributed by atoms with Crippen molar-refractivity contribution in [2.75, 3.05) is 13.1 Å². The average molecular weight is 190 g/mol. The Labute approximate surface area is 85.5 Å². The minimum atomic E-state index is 0.652. The maximum Gasteiger partial charge on any atom is 0.0178 e. The molecule has 2 nitrogen and oxygen atoms in total. The molecular formula is C12H18N2. The van der Waals surface area contributed by atoms with Gasteiger partial charge in [0.1, 0.15) is 0 Å². The van der Waals surface area contributed by atoms with E-state index in [1.807, 2.05) is 0 Å². The molecule has 76 valence electrons. The van der Waals surface area contributed by atoms with Gasteiger partial charge in [0, 0.05) is 6.54 Å². The van der Waals surface area contributed by atoms with Crippen LogP contribution in [0.5, 0.6) is 0 Å². The van der Waals surface area contributed by atoms with Crippen LogP contribution in [0.2, 0.25) is 0 Å². The second kappa shape index (κ2) is 4.58. The molecule has 0 bridgehead atoms. The molecule has 0 atom stereocenters. The van der Waals surface area contributed by atoms with Gasteiger partial charge in [0.05, 0.1) is 0 Å². The first-order valence-electron chi connectivity index (χ1n) is 5.40. The van der Waals surface area contributed by atoms with Crippen LogP contribution in [-0.2, 0) is 6.54 Å². The standard InChI is InChI=1S/C12H18N2/c13-9-10-2-1-3-12(8-10)11-4-6-14-7-5-11/h1-3,8,11,14H,4-7,9,13H2. The number of piperidine rings is 1. The molecule has 1 aliphatic heterocycles. The van der Waals surface area contributed by atoms with E-state index in [2.05, 4.69) is 29.6 Å². The fraction of sp³-hybridized carbons (Fsp3) is 0.500. The molecule has 3 N–H and O–H groups in total. The van der Waals surface area contributed by atoms with Crippen LogP contribution in [-0.4, -0.2) is 13.1 Å². The topological polar surface area (TPSA) is 38.0 Å². The Bertz CT molecular complexity index is 290. The number of hydrogen-bond donors (Lipinski definition) is 2. The Kier molecular flexibility index (Phi) is 3.17. The first kappa shape index (κ1) is 9.69. The van der Waals surface area contributed by atoms with Gasteiger partial charge in [-0.2, -0.15) is 0 Å².